The van der Waals surface area contributed by atoms with Crippen molar-refractivity contribution in [2.24, 2.45) is 0 Å². The predicted octanol–water partition coefficient (Wildman–Crippen LogP) is 6.01. The van der Waals surface area contributed by atoms with Crippen molar-refractivity contribution in [3.05, 3.63) is 97.9 Å². The van der Waals surface area contributed by atoms with Gasteiger partial charge in [0, 0.05) is 10.0 Å². The molecule has 1 N–H and O–H groups in total. The van der Waals surface area contributed by atoms with Gasteiger partial charge in [-0.1, -0.05) is 70.7 Å². The molecule has 0 amide bonds. The SMILES string of the molecule is O=S(=O)(CC(O)(c1ccc(Cl)cc1)c1ccc(Cl)cc1)c1ccc(Cl)c(Cl)c1. The number of rotatable bonds is 5. The highest BCUT2D eigenvalue weighted by atomic mass is 35.5. The maximum atomic E-state index is 13.1. The van der Waals surface area contributed by atoms with Crippen LogP contribution in [0.3, 0.4) is 0 Å². The van der Waals surface area contributed by atoms with Crippen LogP contribution in [0.5, 0.6) is 0 Å². The smallest absolute Gasteiger partial charge is 0.181 e. The first-order valence-electron chi connectivity index (χ1n) is 8.04. The van der Waals surface area contributed by atoms with E-state index in [-0.39, 0.29) is 14.9 Å². The summed E-state index contributed by atoms with van der Waals surface area (Å²) >= 11 is 23.7. The number of sulfone groups is 1. The quantitative estimate of drug-likeness (QED) is 0.491. The Hall–Kier alpha value is -1.27. The zero-order valence-electron chi connectivity index (χ0n) is 14.2. The molecule has 0 radical (unpaired) electrons. The van der Waals surface area contributed by atoms with Crippen molar-refractivity contribution >= 4 is 56.2 Å². The third-order valence-electron chi connectivity index (χ3n) is 4.29. The molecule has 28 heavy (non-hydrogen) atoms. The van der Waals surface area contributed by atoms with Crippen LogP contribution in [0.25, 0.3) is 0 Å². The molecule has 0 saturated carbocycles. The molecule has 0 saturated heterocycles. The van der Waals surface area contributed by atoms with E-state index in [1.54, 1.807) is 48.5 Å². The fourth-order valence-electron chi connectivity index (χ4n) is 2.81. The molecular formula is C20H14Cl4O3S. The Morgan fingerprint density at radius 1 is 0.714 bits per heavy atom. The summed E-state index contributed by atoms with van der Waals surface area (Å²) in [6, 6.07) is 16.7. The average molecular weight is 476 g/mol. The van der Waals surface area contributed by atoms with E-state index in [1.165, 1.54) is 18.2 Å². The summed E-state index contributed by atoms with van der Waals surface area (Å²) in [4.78, 5) is -0.0387. The molecule has 0 aromatic heterocycles. The minimum atomic E-state index is -3.93. The molecular weight excluding hydrogens is 462 g/mol. The zero-order valence-corrected chi connectivity index (χ0v) is 18.1. The summed E-state index contributed by atoms with van der Waals surface area (Å²) in [5.74, 6) is -0.610. The van der Waals surface area contributed by atoms with Crippen molar-refractivity contribution < 1.29 is 13.5 Å². The summed E-state index contributed by atoms with van der Waals surface area (Å²) in [7, 11) is -3.93. The van der Waals surface area contributed by atoms with E-state index in [4.69, 9.17) is 46.4 Å². The molecule has 0 unspecified atom stereocenters. The summed E-state index contributed by atoms with van der Waals surface area (Å²) in [5, 5.41) is 12.8. The Morgan fingerprint density at radius 2 is 1.18 bits per heavy atom. The monoisotopic (exact) mass is 474 g/mol. The van der Waals surface area contributed by atoms with Gasteiger partial charge in [0.15, 0.2) is 9.84 Å². The van der Waals surface area contributed by atoms with Crippen LogP contribution in [0.4, 0.5) is 0 Å². The van der Waals surface area contributed by atoms with Gasteiger partial charge < -0.3 is 5.11 Å². The van der Waals surface area contributed by atoms with Gasteiger partial charge in [0.25, 0.3) is 0 Å². The second-order valence-corrected chi connectivity index (χ2v) is 9.89. The van der Waals surface area contributed by atoms with Gasteiger partial charge in [-0.2, -0.15) is 0 Å². The molecule has 0 aliphatic heterocycles. The Bertz CT molecular complexity index is 1050. The molecule has 8 heteroatoms. The highest BCUT2D eigenvalue weighted by Gasteiger charge is 2.37. The molecule has 3 aromatic rings. The standard InChI is InChI=1S/C20H14Cl4O3S/c21-15-5-1-13(2-6-15)20(25,14-3-7-16(22)8-4-14)12-28(26,27)17-9-10-18(23)19(24)11-17/h1-11,25H,12H2. The highest BCUT2D eigenvalue weighted by molar-refractivity contribution is 7.91. The normalized spacial score (nSPS) is 12.2. The molecule has 3 nitrogen and oxygen atoms in total. The Labute approximate surface area is 183 Å². The molecule has 0 aliphatic carbocycles. The lowest BCUT2D eigenvalue weighted by Gasteiger charge is -2.29. The third kappa shape index (κ3) is 4.48. The van der Waals surface area contributed by atoms with E-state index < -0.39 is 21.2 Å². The summed E-state index contributed by atoms with van der Waals surface area (Å²) in [6.45, 7) is 0. The number of benzene rings is 3. The van der Waals surface area contributed by atoms with Crippen LogP contribution in [0.1, 0.15) is 11.1 Å². The first-order valence-corrected chi connectivity index (χ1v) is 11.2. The lowest BCUT2D eigenvalue weighted by Crippen LogP contribution is -2.35. The van der Waals surface area contributed by atoms with Gasteiger partial charge in [-0.25, -0.2) is 8.42 Å². The van der Waals surface area contributed by atoms with E-state index in [2.05, 4.69) is 0 Å². The minimum absolute atomic E-state index is 0.0387. The van der Waals surface area contributed by atoms with Crippen LogP contribution in [0.15, 0.2) is 71.6 Å². The van der Waals surface area contributed by atoms with E-state index >= 15 is 0 Å². The van der Waals surface area contributed by atoms with Crippen LogP contribution in [0.2, 0.25) is 20.1 Å². The lowest BCUT2D eigenvalue weighted by atomic mass is 9.88. The molecule has 0 fully saturated rings. The fourth-order valence-corrected chi connectivity index (χ4v) is 5.05. The zero-order chi connectivity index (χ0) is 20.5. The summed E-state index contributed by atoms with van der Waals surface area (Å²) < 4.78 is 26.2. The third-order valence-corrected chi connectivity index (χ3v) is 7.31. The maximum Gasteiger partial charge on any atom is 0.181 e. The predicted molar refractivity (Wildman–Crippen MR) is 114 cm³/mol. The summed E-state index contributed by atoms with van der Waals surface area (Å²) in [6.07, 6.45) is 0. The van der Waals surface area contributed by atoms with Crippen molar-refractivity contribution in [3.8, 4) is 0 Å². The van der Waals surface area contributed by atoms with Gasteiger partial charge >= 0.3 is 0 Å². The highest BCUT2D eigenvalue weighted by Crippen LogP contribution is 2.35. The molecule has 0 atom stereocenters. The number of hydrogen-bond acceptors (Lipinski definition) is 3. The van der Waals surface area contributed by atoms with Crippen molar-refractivity contribution in [3.63, 3.8) is 0 Å². The molecule has 0 aliphatic rings. The fraction of sp³-hybridized carbons (Fsp3) is 0.100. The van der Waals surface area contributed by atoms with Crippen LogP contribution >= 0.6 is 46.4 Å². The van der Waals surface area contributed by atoms with Crippen molar-refractivity contribution in [2.45, 2.75) is 10.5 Å². The van der Waals surface area contributed by atoms with Gasteiger partial charge in [0.05, 0.1) is 20.7 Å². The van der Waals surface area contributed by atoms with Gasteiger partial charge in [-0.05, 0) is 53.6 Å². The van der Waals surface area contributed by atoms with E-state index in [9.17, 15) is 13.5 Å². The van der Waals surface area contributed by atoms with Crippen molar-refractivity contribution in [1.82, 2.24) is 0 Å². The lowest BCUT2D eigenvalue weighted by molar-refractivity contribution is 0.105. The number of aliphatic hydroxyl groups is 1. The van der Waals surface area contributed by atoms with Gasteiger partial charge in [-0.15, -0.1) is 0 Å². The van der Waals surface area contributed by atoms with Crippen LogP contribution in [-0.2, 0) is 15.4 Å². The maximum absolute atomic E-state index is 13.1. The second-order valence-electron chi connectivity index (χ2n) is 6.21. The number of hydrogen-bond donors (Lipinski definition) is 1. The van der Waals surface area contributed by atoms with Crippen LogP contribution in [-0.4, -0.2) is 19.3 Å². The summed E-state index contributed by atoms with van der Waals surface area (Å²) in [5.41, 5.74) is -1.08. The molecule has 3 rings (SSSR count). The van der Waals surface area contributed by atoms with E-state index in [0.717, 1.165) is 0 Å². The van der Waals surface area contributed by atoms with Crippen molar-refractivity contribution in [1.29, 1.82) is 0 Å². The second kappa shape index (κ2) is 8.23. The Balaban J connectivity index is 2.12. The number of halogens is 4. The van der Waals surface area contributed by atoms with Crippen LogP contribution in [0, 0.1) is 0 Å². The average Bonchev–Trinajstić information content (AvgIpc) is 2.64. The minimum Gasteiger partial charge on any atom is -0.379 e. The molecule has 0 spiro atoms. The van der Waals surface area contributed by atoms with Crippen molar-refractivity contribution in [2.75, 3.05) is 5.75 Å². The molecule has 3 aromatic carbocycles. The van der Waals surface area contributed by atoms with Crippen LogP contribution < -0.4 is 0 Å². The first kappa shape index (κ1) is 21.4. The molecule has 146 valence electrons. The van der Waals surface area contributed by atoms with E-state index in [1.807, 2.05) is 0 Å². The van der Waals surface area contributed by atoms with Gasteiger partial charge in [0.2, 0.25) is 0 Å². The Morgan fingerprint density at radius 3 is 1.61 bits per heavy atom. The Kier molecular flexibility index (Phi) is 6.30. The topological polar surface area (TPSA) is 54.4 Å². The molecule has 0 bridgehead atoms. The molecule has 0 heterocycles. The van der Waals surface area contributed by atoms with Gasteiger partial charge in [-0.3, -0.25) is 0 Å². The van der Waals surface area contributed by atoms with E-state index in [0.29, 0.717) is 21.2 Å². The first-order chi connectivity index (χ1) is 13.1. The van der Waals surface area contributed by atoms with Gasteiger partial charge in [0.1, 0.15) is 5.60 Å². The largest absolute Gasteiger partial charge is 0.379 e.